The standard InChI is InChI=1S/C29H51N11O12/c30-8-2-1-5-15(36-25(48)18(13-41)38-24(47)17(11-22(44)45)35-21(43)12-31)23(46)37-16(6-3-9-34-29(32)33)27(50)40-10-4-7-20(40)26(49)39-19(14-42)28(51)52/h15-20,41-42H,1-14,30-31H2,(H,35,43)(H,36,48)(H,37,46)(H,38,47)(H,39,49)(H,44,45)(H,51,52)(H4,32,33,34)/t15-,16-,17-,18-,19-,20-/m0/s1. The maximum atomic E-state index is 13.8. The number of nitrogens with zero attached hydrogens (tertiary/aromatic N) is 2. The zero-order valence-electron chi connectivity index (χ0n) is 28.6. The van der Waals surface area contributed by atoms with Crippen molar-refractivity contribution >= 4 is 53.3 Å². The molecule has 0 saturated carbocycles. The number of aliphatic hydroxyl groups excluding tert-OH is 2. The molecule has 1 rings (SSSR count). The number of rotatable bonds is 24. The fraction of sp³-hybridized carbons (Fsp3) is 0.690. The van der Waals surface area contributed by atoms with Gasteiger partial charge < -0.3 is 74.8 Å². The van der Waals surface area contributed by atoms with Gasteiger partial charge in [-0.1, -0.05) is 0 Å². The molecule has 0 spiro atoms. The molecular weight excluding hydrogens is 694 g/mol. The first-order valence-corrected chi connectivity index (χ1v) is 16.5. The number of aliphatic hydroxyl groups is 2. The minimum Gasteiger partial charge on any atom is -0.481 e. The van der Waals surface area contributed by atoms with Crippen LogP contribution in [0.1, 0.15) is 51.4 Å². The van der Waals surface area contributed by atoms with Crippen LogP contribution in [0.4, 0.5) is 0 Å². The molecule has 1 fully saturated rings. The summed E-state index contributed by atoms with van der Waals surface area (Å²) in [5.41, 5.74) is 21.6. The van der Waals surface area contributed by atoms with Crippen molar-refractivity contribution in [2.75, 3.05) is 39.4 Å². The second kappa shape index (κ2) is 23.4. The van der Waals surface area contributed by atoms with Crippen LogP contribution >= 0.6 is 0 Å². The number of hydrogen-bond donors (Lipinski definition) is 13. The van der Waals surface area contributed by atoms with Gasteiger partial charge in [-0.15, -0.1) is 0 Å². The van der Waals surface area contributed by atoms with Gasteiger partial charge >= 0.3 is 11.9 Å². The number of aliphatic imine (C=N–C) groups is 1. The Kier molecular flexibility index (Phi) is 20.2. The lowest BCUT2D eigenvalue weighted by molar-refractivity contribution is -0.145. The van der Waals surface area contributed by atoms with Crippen molar-refractivity contribution in [3.8, 4) is 0 Å². The van der Waals surface area contributed by atoms with Gasteiger partial charge in [-0.3, -0.25) is 38.6 Å². The number of likely N-dealkylation sites (tertiary alicyclic amines) is 1. The van der Waals surface area contributed by atoms with E-state index in [2.05, 4.69) is 31.6 Å². The highest BCUT2D eigenvalue weighted by Crippen LogP contribution is 2.20. The number of amides is 6. The lowest BCUT2D eigenvalue weighted by atomic mass is 10.0. The zero-order chi connectivity index (χ0) is 39.4. The Hall–Kier alpha value is -5.13. The third-order valence-corrected chi connectivity index (χ3v) is 7.81. The highest BCUT2D eigenvalue weighted by molar-refractivity contribution is 5.97. The molecule has 1 aliphatic rings. The third kappa shape index (κ3) is 15.4. The number of nitrogens with two attached hydrogens (primary N) is 4. The molecule has 23 nitrogen and oxygen atoms in total. The monoisotopic (exact) mass is 745 g/mol. The first kappa shape index (κ1) is 44.9. The van der Waals surface area contributed by atoms with E-state index in [1.165, 1.54) is 4.90 Å². The molecule has 0 radical (unpaired) electrons. The lowest BCUT2D eigenvalue weighted by Crippen LogP contribution is -2.60. The average molecular weight is 746 g/mol. The van der Waals surface area contributed by atoms with Gasteiger partial charge in [-0.05, 0) is 51.5 Å². The quantitative estimate of drug-likeness (QED) is 0.0248. The summed E-state index contributed by atoms with van der Waals surface area (Å²) in [5, 5.41) is 49.0. The molecule has 52 heavy (non-hydrogen) atoms. The van der Waals surface area contributed by atoms with E-state index in [0.29, 0.717) is 19.3 Å². The Morgan fingerprint density at radius 2 is 1.31 bits per heavy atom. The fourth-order valence-electron chi connectivity index (χ4n) is 5.13. The number of carboxylic acid groups (broad SMARTS) is 2. The normalized spacial score (nSPS) is 16.6. The minimum absolute atomic E-state index is 0.0174. The predicted molar refractivity (Wildman–Crippen MR) is 180 cm³/mol. The summed E-state index contributed by atoms with van der Waals surface area (Å²) >= 11 is 0. The van der Waals surface area contributed by atoms with Crippen LogP contribution in [0.2, 0.25) is 0 Å². The lowest BCUT2D eigenvalue weighted by Gasteiger charge is -2.30. The minimum atomic E-state index is -1.71. The van der Waals surface area contributed by atoms with E-state index in [1.54, 1.807) is 0 Å². The van der Waals surface area contributed by atoms with Crippen LogP contribution in [-0.2, 0) is 38.4 Å². The van der Waals surface area contributed by atoms with Crippen molar-refractivity contribution in [2.45, 2.75) is 87.6 Å². The Morgan fingerprint density at radius 3 is 1.87 bits per heavy atom. The average Bonchev–Trinajstić information content (AvgIpc) is 3.59. The van der Waals surface area contributed by atoms with Gasteiger partial charge in [0.05, 0.1) is 26.2 Å². The van der Waals surface area contributed by atoms with E-state index in [0.717, 1.165) is 0 Å². The molecule has 0 aromatic heterocycles. The summed E-state index contributed by atoms with van der Waals surface area (Å²) in [4.78, 5) is 106. The van der Waals surface area contributed by atoms with Crippen LogP contribution < -0.4 is 49.5 Å². The maximum Gasteiger partial charge on any atom is 0.328 e. The molecule has 0 aliphatic carbocycles. The van der Waals surface area contributed by atoms with E-state index in [9.17, 15) is 53.7 Å². The summed E-state index contributed by atoms with van der Waals surface area (Å²) in [7, 11) is 0. The van der Waals surface area contributed by atoms with Crippen LogP contribution in [0.5, 0.6) is 0 Å². The van der Waals surface area contributed by atoms with Crippen molar-refractivity contribution in [2.24, 2.45) is 27.9 Å². The van der Waals surface area contributed by atoms with Gasteiger partial charge in [0, 0.05) is 13.1 Å². The van der Waals surface area contributed by atoms with Crippen molar-refractivity contribution in [3.63, 3.8) is 0 Å². The summed E-state index contributed by atoms with van der Waals surface area (Å²) < 4.78 is 0. The van der Waals surface area contributed by atoms with E-state index in [1.807, 2.05) is 0 Å². The molecule has 0 unspecified atom stereocenters. The summed E-state index contributed by atoms with van der Waals surface area (Å²) in [6.07, 6.45) is 0.504. The Balaban J connectivity index is 3.27. The van der Waals surface area contributed by atoms with Gasteiger partial charge in [0.15, 0.2) is 5.96 Å². The van der Waals surface area contributed by atoms with E-state index >= 15 is 0 Å². The molecule has 294 valence electrons. The predicted octanol–water partition coefficient (Wildman–Crippen LogP) is -6.91. The Bertz CT molecular complexity index is 1300. The zero-order valence-corrected chi connectivity index (χ0v) is 28.6. The summed E-state index contributed by atoms with van der Waals surface area (Å²) in [6.45, 7) is -2.07. The van der Waals surface area contributed by atoms with Crippen LogP contribution in [0, 0.1) is 0 Å². The maximum absolute atomic E-state index is 13.8. The SMILES string of the molecule is NCCCC[C@H](NC(=O)[C@H](CO)NC(=O)[C@H](CC(=O)O)NC(=O)CN)C(=O)N[C@@H](CCCN=C(N)N)C(=O)N1CCC[C@H]1C(=O)N[C@@H](CO)C(=O)O. The molecular formula is C29H51N11O12. The number of nitrogens with one attached hydrogen (secondary N) is 5. The van der Waals surface area contributed by atoms with E-state index < -0.39 is 110 Å². The van der Waals surface area contributed by atoms with Crippen LogP contribution in [0.15, 0.2) is 4.99 Å². The molecule has 23 heteroatoms. The second-order valence-electron chi connectivity index (χ2n) is 11.8. The molecule has 6 amide bonds. The molecule has 1 heterocycles. The first-order chi connectivity index (χ1) is 24.6. The number of unbranched alkanes of at least 4 members (excludes halogenated alkanes) is 1. The van der Waals surface area contributed by atoms with Crippen LogP contribution in [0.25, 0.3) is 0 Å². The topological polar surface area (TPSA) is 397 Å². The van der Waals surface area contributed by atoms with Crippen molar-refractivity contribution < 1.29 is 58.8 Å². The van der Waals surface area contributed by atoms with Crippen LogP contribution in [-0.4, -0.2) is 154 Å². The number of guanidine groups is 1. The molecule has 6 atom stereocenters. The highest BCUT2D eigenvalue weighted by Gasteiger charge is 2.39. The second-order valence-corrected chi connectivity index (χ2v) is 11.8. The first-order valence-electron chi connectivity index (χ1n) is 16.5. The summed E-state index contributed by atoms with van der Waals surface area (Å²) in [5.74, 6) is -8.61. The molecule has 17 N–H and O–H groups in total. The highest BCUT2D eigenvalue weighted by atomic mass is 16.4. The van der Waals surface area contributed by atoms with Gasteiger partial charge in [0.25, 0.3) is 0 Å². The van der Waals surface area contributed by atoms with Crippen LogP contribution in [0.3, 0.4) is 0 Å². The van der Waals surface area contributed by atoms with Crippen molar-refractivity contribution in [1.29, 1.82) is 0 Å². The smallest absolute Gasteiger partial charge is 0.328 e. The van der Waals surface area contributed by atoms with E-state index in [-0.39, 0.29) is 51.3 Å². The summed E-state index contributed by atoms with van der Waals surface area (Å²) in [6, 6.07) is -8.75. The van der Waals surface area contributed by atoms with Gasteiger partial charge in [0.2, 0.25) is 35.4 Å². The molecule has 1 aliphatic heterocycles. The molecule has 0 bridgehead atoms. The molecule has 1 saturated heterocycles. The number of aliphatic carboxylic acids is 2. The van der Waals surface area contributed by atoms with E-state index in [4.69, 9.17) is 28.0 Å². The van der Waals surface area contributed by atoms with Crippen molar-refractivity contribution in [1.82, 2.24) is 31.5 Å². The van der Waals surface area contributed by atoms with Gasteiger partial charge in [-0.2, -0.15) is 0 Å². The Morgan fingerprint density at radius 1 is 0.731 bits per heavy atom. The number of carbonyl (C=O) groups is 8. The van der Waals surface area contributed by atoms with Crippen molar-refractivity contribution in [3.05, 3.63) is 0 Å². The Labute approximate surface area is 298 Å². The molecule has 0 aromatic rings. The largest absolute Gasteiger partial charge is 0.481 e. The third-order valence-electron chi connectivity index (χ3n) is 7.81. The number of carbonyl (C=O) groups excluding carboxylic acids is 6. The fourth-order valence-corrected chi connectivity index (χ4v) is 5.13. The number of carboxylic acids is 2. The van der Waals surface area contributed by atoms with Gasteiger partial charge in [0.1, 0.15) is 36.3 Å². The number of hydrogen-bond acceptors (Lipinski definition) is 13. The molecule has 0 aromatic carbocycles. The van der Waals surface area contributed by atoms with Gasteiger partial charge in [-0.25, -0.2) is 4.79 Å².